The molecule has 0 saturated heterocycles. The summed E-state index contributed by atoms with van der Waals surface area (Å²) in [6.07, 6.45) is 0.696. The van der Waals surface area contributed by atoms with Gasteiger partial charge < -0.3 is 10.1 Å². The summed E-state index contributed by atoms with van der Waals surface area (Å²) in [7, 11) is 1.56. The number of carbonyl (C=O) groups excluding carboxylic acids is 1. The number of benzene rings is 2. The third kappa shape index (κ3) is 5.03. The third-order valence-corrected chi connectivity index (χ3v) is 4.13. The molecule has 0 radical (unpaired) electrons. The number of aryl methyl sites for hydroxylation is 1. The lowest BCUT2D eigenvalue weighted by Crippen LogP contribution is -2.23. The number of aromatic nitrogens is 2. The van der Waals surface area contributed by atoms with Crippen molar-refractivity contribution in [2.24, 2.45) is 0 Å². The number of anilines is 1. The summed E-state index contributed by atoms with van der Waals surface area (Å²) in [5.74, 6) is 0.168. The molecule has 144 valence electrons. The van der Waals surface area contributed by atoms with Gasteiger partial charge >= 0.3 is 0 Å². The van der Waals surface area contributed by atoms with Crippen LogP contribution in [0.5, 0.6) is 5.75 Å². The average molecular weight is 381 g/mol. The van der Waals surface area contributed by atoms with Gasteiger partial charge in [-0.2, -0.15) is 5.10 Å². The first-order valence-corrected chi connectivity index (χ1v) is 8.83. The van der Waals surface area contributed by atoms with Crippen molar-refractivity contribution < 1.29 is 13.9 Å². The lowest BCUT2D eigenvalue weighted by molar-refractivity contribution is -0.116. The number of rotatable bonds is 7. The fraction of sp³-hybridized carbons (Fsp3) is 0.190. The molecule has 0 bridgehead atoms. The van der Waals surface area contributed by atoms with Gasteiger partial charge in [-0.1, -0.05) is 6.07 Å². The number of ether oxygens (including phenoxy) is 1. The molecular formula is C21H20FN3O3. The summed E-state index contributed by atoms with van der Waals surface area (Å²) in [6.45, 7) is 0.305. The molecule has 1 heterocycles. The highest BCUT2D eigenvalue weighted by molar-refractivity contribution is 5.90. The van der Waals surface area contributed by atoms with Gasteiger partial charge in [-0.3, -0.25) is 9.59 Å². The Kier molecular flexibility index (Phi) is 6.16. The molecule has 1 aromatic heterocycles. The maximum absolute atomic E-state index is 13.1. The van der Waals surface area contributed by atoms with E-state index in [1.54, 1.807) is 49.6 Å². The number of methoxy groups -OCH3 is 1. The number of hydrogen-bond acceptors (Lipinski definition) is 4. The monoisotopic (exact) mass is 381 g/mol. The summed E-state index contributed by atoms with van der Waals surface area (Å²) in [4.78, 5) is 24.1. The van der Waals surface area contributed by atoms with E-state index in [0.717, 1.165) is 0 Å². The zero-order chi connectivity index (χ0) is 19.9. The first-order chi connectivity index (χ1) is 13.5. The number of carbonyl (C=O) groups is 1. The van der Waals surface area contributed by atoms with Gasteiger partial charge in [-0.25, -0.2) is 9.07 Å². The van der Waals surface area contributed by atoms with Gasteiger partial charge in [0, 0.05) is 36.3 Å². The van der Waals surface area contributed by atoms with Crippen LogP contribution in [0.3, 0.4) is 0 Å². The van der Waals surface area contributed by atoms with E-state index in [-0.39, 0.29) is 23.7 Å². The summed E-state index contributed by atoms with van der Waals surface area (Å²) in [6, 6.07) is 16.0. The highest BCUT2D eigenvalue weighted by Gasteiger charge is 2.07. The zero-order valence-electron chi connectivity index (χ0n) is 15.4. The largest absolute Gasteiger partial charge is 0.497 e. The second kappa shape index (κ2) is 8.94. The second-order valence-corrected chi connectivity index (χ2v) is 6.17. The third-order valence-electron chi connectivity index (χ3n) is 4.13. The Labute approximate surface area is 161 Å². The molecular weight excluding hydrogens is 361 g/mol. The molecule has 0 unspecified atom stereocenters. The first kappa shape index (κ1) is 19.3. The molecule has 1 amide bonds. The quantitative estimate of drug-likeness (QED) is 0.680. The molecule has 0 saturated carbocycles. The van der Waals surface area contributed by atoms with Gasteiger partial charge in [0.2, 0.25) is 5.91 Å². The predicted octanol–water partition coefficient (Wildman–Crippen LogP) is 3.48. The van der Waals surface area contributed by atoms with Gasteiger partial charge in [-0.05, 0) is 48.9 Å². The number of halogens is 1. The molecule has 0 fully saturated rings. The molecule has 3 aromatic rings. The van der Waals surface area contributed by atoms with Crippen LogP contribution in [-0.2, 0) is 11.3 Å². The van der Waals surface area contributed by atoms with Crippen LogP contribution in [0.4, 0.5) is 10.1 Å². The SMILES string of the molecule is COc1cccc(NC(=O)CCCn2nc(-c3ccc(F)cc3)ccc2=O)c1. The van der Waals surface area contributed by atoms with Crippen LogP contribution in [0.25, 0.3) is 11.3 Å². The lowest BCUT2D eigenvalue weighted by atomic mass is 10.1. The molecule has 0 atom stereocenters. The molecule has 28 heavy (non-hydrogen) atoms. The normalized spacial score (nSPS) is 10.5. The van der Waals surface area contributed by atoms with Gasteiger partial charge in [-0.15, -0.1) is 0 Å². The minimum atomic E-state index is -0.334. The molecule has 0 spiro atoms. The Hall–Kier alpha value is -3.48. The van der Waals surface area contributed by atoms with Crippen LogP contribution in [0.15, 0.2) is 65.5 Å². The van der Waals surface area contributed by atoms with Gasteiger partial charge in [0.1, 0.15) is 11.6 Å². The molecule has 6 nitrogen and oxygen atoms in total. The van der Waals surface area contributed by atoms with Crippen LogP contribution in [-0.4, -0.2) is 22.8 Å². The fourth-order valence-corrected chi connectivity index (χ4v) is 2.70. The van der Waals surface area contributed by atoms with Crippen molar-refractivity contribution in [3.05, 3.63) is 76.8 Å². The van der Waals surface area contributed by atoms with Crippen molar-refractivity contribution >= 4 is 11.6 Å². The van der Waals surface area contributed by atoms with Crippen molar-refractivity contribution in [2.45, 2.75) is 19.4 Å². The lowest BCUT2D eigenvalue weighted by Gasteiger charge is -2.09. The number of amides is 1. The Balaban J connectivity index is 1.59. The summed E-state index contributed by atoms with van der Waals surface area (Å²) in [5, 5.41) is 7.11. The predicted molar refractivity (Wildman–Crippen MR) is 105 cm³/mol. The Morgan fingerprint density at radius 3 is 2.68 bits per heavy atom. The van der Waals surface area contributed by atoms with Gasteiger partial charge in [0.15, 0.2) is 0 Å². The van der Waals surface area contributed by atoms with E-state index in [0.29, 0.717) is 35.7 Å². The van der Waals surface area contributed by atoms with Crippen molar-refractivity contribution in [1.29, 1.82) is 0 Å². The number of hydrogen-bond donors (Lipinski definition) is 1. The van der Waals surface area contributed by atoms with E-state index in [1.165, 1.54) is 22.9 Å². The highest BCUT2D eigenvalue weighted by Crippen LogP contribution is 2.17. The van der Waals surface area contributed by atoms with Crippen LogP contribution in [0, 0.1) is 5.82 Å². The van der Waals surface area contributed by atoms with Crippen LogP contribution < -0.4 is 15.6 Å². The van der Waals surface area contributed by atoms with Gasteiger partial charge in [0.25, 0.3) is 5.56 Å². The van der Waals surface area contributed by atoms with Crippen molar-refractivity contribution in [3.63, 3.8) is 0 Å². The van der Waals surface area contributed by atoms with E-state index in [9.17, 15) is 14.0 Å². The second-order valence-electron chi connectivity index (χ2n) is 6.17. The minimum absolute atomic E-state index is 0.156. The molecule has 3 rings (SSSR count). The Morgan fingerprint density at radius 2 is 1.93 bits per heavy atom. The molecule has 0 aliphatic rings. The van der Waals surface area contributed by atoms with E-state index in [2.05, 4.69) is 10.4 Å². The van der Waals surface area contributed by atoms with E-state index in [4.69, 9.17) is 4.74 Å². The summed E-state index contributed by atoms with van der Waals surface area (Å²) < 4.78 is 19.5. The summed E-state index contributed by atoms with van der Waals surface area (Å²) in [5.41, 5.74) is 1.68. The number of nitrogens with zero attached hydrogens (tertiary/aromatic N) is 2. The summed E-state index contributed by atoms with van der Waals surface area (Å²) >= 11 is 0. The Morgan fingerprint density at radius 1 is 1.14 bits per heavy atom. The molecule has 0 aliphatic heterocycles. The fourth-order valence-electron chi connectivity index (χ4n) is 2.70. The van der Waals surface area contributed by atoms with E-state index >= 15 is 0 Å². The highest BCUT2D eigenvalue weighted by atomic mass is 19.1. The average Bonchev–Trinajstić information content (AvgIpc) is 2.70. The smallest absolute Gasteiger partial charge is 0.266 e. The van der Waals surface area contributed by atoms with Crippen molar-refractivity contribution in [2.75, 3.05) is 12.4 Å². The van der Waals surface area contributed by atoms with E-state index < -0.39 is 0 Å². The van der Waals surface area contributed by atoms with Crippen LogP contribution in [0.2, 0.25) is 0 Å². The molecule has 7 heteroatoms. The standard InChI is InChI=1S/C21H20FN3O3/c1-28-18-5-2-4-17(14-18)23-20(26)6-3-13-25-21(27)12-11-19(24-25)15-7-9-16(22)10-8-15/h2,4-5,7-12,14H,3,6,13H2,1H3,(H,23,26). The molecule has 2 aromatic carbocycles. The minimum Gasteiger partial charge on any atom is -0.497 e. The maximum Gasteiger partial charge on any atom is 0.266 e. The van der Waals surface area contributed by atoms with Crippen LogP contribution >= 0.6 is 0 Å². The molecule has 0 aliphatic carbocycles. The first-order valence-electron chi connectivity index (χ1n) is 8.83. The Bertz CT molecular complexity index is 1020. The zero-order valence-corrected chi connectivity index (χ0v) is 15.4. The van der Waals surface area contributed by atoms with Crippen LogP contribution in [0.1, 0.15) is 12.8 Å². The van der Waals surface area contributed by atoms with Crippen molar-refractivity contribution in [1.82, 2.24) is 9.78 Å². The van der Waals surface area contributed by atoms with Crippen molar-refractivity contribution in [3.8, 4) is 17.0 Å². The molecule has 1 N–H and O–H groups in total. The topological polar surface area (TPSA) is 73.2 Å². The van der Waals surface area contributed by atoms with Gasteiger partial charge in [0.05, 0.1) is 12.8 Å². The maximum atomic E-state index is 13.1. The number of nitrogens with one attached hydrogen (secondary N) is 1. The van der Waals surface area contributed by atoms with E-state index in [1.807, 2.05) is 0 Å².